The molecule has 0 aliphatic carbocycles. The minimum atomic E-state index is -1.18. The van der Waals surface area contributed by atoms with E-state index in [2.05, 4.69) is 9.97 Å². The maximum absolute atomic E-state index is 11.4. The molecule has 0 aliphatic heterocycles. The van der Waals surface area contributed by atoms with Gasteiger partial charge in [-0.1, -0.05) is 0 Å². The number of aromatic nitrogens is 2. The van der Waals surface area contributed by atoms with Gasteiger partial charge in [0.15, 0.2) is 11.5 Å². The lowest BCUT2D eigenvalue weighted by Crippen LogP contribution is -2.03. The molecular weight excluding hydrogens is 264 g/mol. The van der Waals surface area contributed by atoms with Crippen molar-refractivity contribution in [3.63, 3.8) is 0 Å². The van der Waals surface area contributed by atoms with E-state index in [0.29, 0.717) is 5.01 Å². The summed E-state index contributed by atoms with van der Waals surface area (Å²) in [6, 6.07) is 3.64. The Morgan fingerprint density at radius 2 is 1.74 bits per heavy atom. The van der Waals surface area contributed by atoms with Gasteiger partial charge in [0, 0.05) is 23.9 Å². The molecule has 5 nitrogen and oxygen atoms in total. The van der Waals surface area contributed by atoms with Gasteiger partial charge in [-0.2, -0.15) is 0 Å². The van der Waals surface area contributed by atoms with Crippen LogP contribution < -0.4 is 0 Å². The number of nitrogens with zero attached hydrogens (tertiary/aromatic N) is 2. The van der Waals surface area contributed by atoms with Crippen molar-refractivity contribution in [2.24, 2.45) is 0 Å². The van der Waals surface area contributed by atoms with Gasteiger partial charge in [-0.15, -0.1) is 11.3 Å². The molecule has 0 aromatic carbocycles. The average Bonchev–Trinajstić information content (AvgIpc) is 2.72. The van der Waals surface area contributed by atoms with Crippen LogP contribution in [0.4, 0.5) is 0 Å². The molecule has 0 saturated heterocycles. The molecule has 0 saturated carbocycles. The van der Waals surface area contributed by atoms with E-state index < -0.39 is 5.97 Å². The Balaban J connectivity index is 2.60. The van der Waals surface area contributed by atoms with Crippen LogP contribution in [0.3, 0.4) is 0 Å². The molecule has 0 spiro atoms. The Morgan fingerprint density at radius 3 is 2.16 bits per heavy atom. The number of aromatic carboxylic acids is 1. The highest BCUT2D eigenvalue weighted by molar-refractivity contribution is 7.17. The molecule has 2 heterocycles. The van der Waals surface area contributed by atoms with E-state index >= 15 is 0 Å². The van der Waals surface area contributed by atoms with Crippen molar-refractivity contribution in [2.45, 2.75) is 20.8 Å². The average molecular weight is 276 g/mol. The Morgan fingerprint density at radius 1 is 1.16 bits per heavy atom. The summed E-state index contributed by atoms with van der Waals surface area (Å²) in [5.74, 6) is -1.47. The predicted molar refractivity (Wildman–Crippen MR) is 71.8 cm³/mol. The molecule has 2 aromatic rings. The first kappa shape index (κ1) is 13.4. The van der Waals surface area contributed by atoms with Crippen LogP contribution in [0.5, 0.6) is 0 Å². The summed E-state index contributed by atoms with van der Waals surface area (Å²) in [6.45, 7) is 5.05. The fraction of sp³-hybridized carbons (Fsp3) is 0.231. The molecule has 0 fully saturated rings. The third-order valence-corrected chi connectivity index (χ3v) is 3.68. The lowest BCUT2D eigenvalue weighted by Gasteiger charge is -2.00. The molecule has 0 radical (unpaired) electrons. The second kappa shape index (κ2) is 4.89. The predicted octanol–water partition coefficient (Wildman–Crippen LogP) is 2.72. The van der Waals surface area contributed by atoms with E-state index in [0.717, 1.165) is 28.3 Å². The zero-order valence-electron chi connectivity index (χ0n) is 10.7. The molecule has 2 aromatic heterocycles. The molecule has 0 aliphatic rings. The highest BCUT2D eigenvalue weighted by Crippen LogP contribution is 2.29. The normalized spacial score (nSPS) is 10.5. The van der Waals surface area contributed by atoms with E-state index in [4.69, 9.17) is 5.11 Å². The lowest BCUT2D eigenvalue weighted by molar-refractivity contribution is 0.0687. The minimum absolute atomic E-state index is 0.176. The van der Waals surface area contributed by atoms with Gasteiger partial charge < -0.3 is 5.11 Å². The Bertz CT molecular complexity index is 625. The highest BCUT2D eigenvalue weighted by atomic mass is 32.1. The molecule has 2 rings (SSSR count). The largest absolute Gasteiger partial charge is 0.476 e. The van der Waals surface area contributed by atoms with Gasteiger partial charge in [-0.05, 0) is 26.0 Å². The third-order valence-electron chi connectivity index (χ3n) is 2.48. The van der Waals surface area contributed by atoms with Gasteiger partial charge in [-0.25, -0.2) is 9.78 Å². The molecule has 0 amide bonds. The van der Waals surface area contributed by atoms with Crippen LogP contribution >= 0.6 is 11.3 Å². The van der Waals surface area contributed by atoms with Gasteiger partial charge in [0.1, 0.15) is 9.88 Å². The molecule has 98 valence electrons. The molecule has 0 unspecified atom stereocenters. The number of thiazole rings is 1. The molecule has 1 N–H and O–H groups in total. The van der Waals surface area contributed by atoms with Crippen molar-refractivity contribution in [2.75, 3.05) is 0 Å². The number of ketones is 1. The number of pyridine rings is 1. The number of aryl methyl sites for hydroxylation is 2. The fourth-order valence-corrected chi connectivity index (χ4v) is 2.72. The molecular formula is C13H12N2O3S. The zero-order valence-corrected chi connectivity index (χ0v) is 11.5. The Hall–Kier alpha value is -2.08. The van der Waals surface area contributed by atoms with Crippen molar-refractivity contribution in [1.82, 2.24) is 9.97 Å². The third kappa shape index (κ3) is 2.68. The van der Waals surface area contributed by atoms with E-state index in [9.17, 15) is 9.59 Å². The zero-order chi connectivity index (χ0) is 14.2. The second-order valence-electron chi connectivity index (χ2n) is 4.20. The van der Waals surface area contributed by atoms with Crippen LogP contribution in [0.25, 0.3) is 10.6 Å². The number of Topliss-reactive ketones (excluding diaryl/α,β-unsaturated/α-hetero) is 1. The van der Waals surface area contributed by atoms with Crippen molar-refractivity contribution >= 4 is 23.1 Å². The maximum Gasteiger partial charge on any atom is 0.356 e. The summed E-state index contributed by atoms with van der Waals surface area (Å²) in [4.78, 5) is 31.0. The van der Waals surface area contributed by atoms with Gasteiger partial charge in [-0.3, -0.25) is 9.78 Å². The first-order chi connectivity index (χ1) is 8.88. The summed E-state index contributed by atoms with van der Waals surface area (Å²) in [6.07, 6.45) is 0. The van der Waals surface area contributed by atoms with Crippen LogP contribution in [0.1, 0.15) is 38.5 Å². The van der Waals surface area contributed by atoms with Crippen molar-refractivity contribution in [1.29, 1.82) is 0 Å². The number of rotatable bonds is 3. The van der Waals surface area contributed by atoms with Crippen molar-refractivity contribution in [3.05, 3.63) is 34.1 Å². The quantitative estimate of drug-likeness (QED) is 0.872. The number of carbonyl (C=O) groups is 2. The molecule has 0 atom stereocenters. The first-order valence-corrected chi connectivity index (χ1v) is 6.41. The van der Waals surface area contributed by atoms with Crippen LogP contribution in [-0.4, -0.2) is 26.8 Å². The van der Waals surface area contributed by atoms with Crippen LogP contribution in [0, 0.1) is 13.8 Å². The summed E-state index contributed by atoms with van der Waals surface area (Å²) >= 11 is 1.10. The van der Waals surface area contributed by atoms with Crippen molar-refractivity contribution in [3.8, 4) is 10.6 Å². The first-order valence-electron chi connectivity index (χ1n) is 5.59. The number of hydrogen-bond donors (Lipinski definition) is 1. The lowest BCUT2D eigenvalue weighted by atomic mass is 10.2. The fourth-order valence-electron chi connectivity index (χ4n) is 1.79. The number of carboxylic acids is 1. The van der Waals surface area contributed by atoms with Crippen LogP contribution in [0.15, 0.2) is 12.1 Å². The molecule has 19 heavy (non-hydrogen) atoms. The minimum Gasteiger partial charge on any atom is -0.476 e. The topological polar surface area (TPSA) is 80.2 Å². The Labute approximate surface area is 114 Å². The molecule has 0 bridgehead atoms. The van der Waals surface area contributed by atoms with Gasteiger partial charge in [0.25, 0.3) is 0 Å². The smallest absolute Gasteiger partial charge is 0.356 e. The van der Waals surface area contributed by atoms with Crippen molar-refractivity contribution < 1.29 is 14.7 Å². The SMILES string of the molecule is CC(=O)c1sc(-c2cc(C)nc(C)c2)nc1C(=O)O. The van der Waals surface area contributed by atoms with Gasteiger partial charge in [0.05, 0.1) is 0 Å². The molecule has 6 heteroatoms. The summed E-state index contributed by atoms with van der Waals surface area (Å²) in [5, 5.41) is 9.59. The van der Waals surface area contributed by atoms with E-state index in [-0.39, 0.29) is 16.4 Å². The van der Waals surface area contributed by atoms with Crippen LogP contribution in [0.2, 0.25) is 0 Å². The van der Waals surface area contributed by atoms with E-state index in [1.807, 2.05) is 26.0 Å². The maximum atomic E-state index is 11.4. The standard InChI is InChI=1S/C13H12N2O3S/c1-6-4-9(5-7(2)14-6)12-15-10(13(17)18)11(19-12)8(3)16/h4-5H,1-3H3,(H,17,18). The van der Waals surface area contributed by atoms with Crippen LogP contribution in [-0.2, 0) is 0 Å². The summed E-state index contributed by atoms with van der Waals surface area (Å²) in [5.41, 5.74) is 2.25. The summed E-state index contributed by atoms with van der Waals surface area (Å²) in [7, 11) is 0. The van der Waals surface area contributed by atoms with Gasteiger partial charge >= 0.3 is 5.97 Å². The monoisotopic (exact) mass is 276 g/mol. The number of carbonyl (C=O) groups excluding carboxylic acids is 1. The van der Waals surface area contributed by atoms with E-state index in [1.165, 1.54) is 6.92 Å². The number of carboxylic acid groups (broad SMARTS) is 1. The Kier molecular flexibility index (Phi) is 3.44. The number of hydrogen-bond acceptors (Lipinski definition) is 5. The van der Waals surface area contributed by atoms with E-state index in [1.54, 1.807) is 0 Å². The highest BCUT2D eigenvalue weighted by Gasteiger charge is 2.21. The second-order valence-corrected chi connectivity index (χ2v) is 5.20. The summed E-state index contributed by atoms with van der Waals surface area (Å²) < 4.78 is 0. The van der Waals surface area contributed by atoms with Gasteiger partial charge in [0.2, 0.25) is 0 Å².